The van der Waals surface area contributed by atoms with Gasteiger partial charge in [0.05, 0.1) is 7.11 Å². The Labute approximate surface area is 146 Å². The van der Waals surface area contributed by atoms with E-state index in [0.717, 1.165) is 35.9 Å². The second kappa shape index (κ2) is 6.55. The van der Waals surface area contributed by atoms with Crippen molar-refractivity contribution in [3.05, 3.63) is 48.0 Å². The molecule has 6 nitrogen and oxygen atoms in total. The van der Waals surface area contributed by atoms with Crippen molar-refractivity contribution in [2.24, 2.45) is 0 Å². The van der Waals surface area contributed by atoms with Crippen LogP contribution in [0.1, 0.15) is 17.9 Å². The molecule has 130 valence electrons. The van der Waals surface area contributed by atoms with Crippen LogP contribution in [0, 0.1) is 0 Å². The first-order valence-corrected chi connectivity index (χ1v) is 8.32. The van der Waals surface area contributed by atoms with Crippen LogP contribution in [0.4, 0.5) is 10.5 Å². The van der Waals surface area contributed by atoms with E-state index in [9.17, 15) is 4.79 Å². The average Bonchev–Trinajstić information content (AvgIpc) is 3.30. The van der Waals surface area contributed by atoms with Gasteiger partial charge in [-0.05, 0) is 36.2 Å². The summed E-state index contributed by atoms with van der Waals surface area (Å²) in [5.41, 5.74) is 1.91. The van der Waals surface area contributed by atoms with E-state index in [1.54, 1.807) is 7.11 Å². The summed E-state index contributed by atoms with van der Waals surface area (Å²) < 4.78 is 16.0. The minimum Gasteiger partial charge on any atom is -0.497 e. The number of likely N-dealkylation sites (tertiary alicyclic amines) is 1. The van der Waals surface area contributed by atoms with E-state index in [4.69, 9.17) is 14.2 Å². The van der Waals surface area contributed by atoms with Gasteiger partial charge in [0.2, 0.25) is 6.79 Å². The zero-order chi connectivity index (χ0) is 17.2. The Morgan fingerprint density at radius 3 is 2.96 bits per heavy atom. The van der Waals surface area contributed by atoms with Crippen LogP contribution in [-0.2, 0) is 0 Å². The van der Waals surface area contributed by atoms with E-state index < -0.39 is 0 Å². The molecule has 0 radical (unpaired) electrons. The second-order valence-corrected chi connectivity index (χ2v) is 6.21. The lowest BCUT2D eigenvalue weighted by molar-refractivity contribution is 0.174. The van der Waals surface area contributed by atoms with E-state index in [1.165, 1.54) is 5.56 Å². The number of carbonyl (C=O) groups excluding carboxylic acids is 1. The summed E-state index contributed by atoms with van der Waals surface area (Å²) in [6, 6.07) is 13.3. The monoisotopic (exact) mass is 340 g/mol. The number of hydrogen-bond donors (Lipinski definition) is 1. The maximum atomic E-state index is 12.5. The van der Waals surface area contributed by atoms with Crippen LogP contribution in [0.25, 0.3) is 0 Å². The number of urea groups is 1. The Morgan fingerprint density at radius 1 is 1.20 bits per heavy atom. The zero-order valence-electron chi connectivity index (χ0n) is 14.0. The molecular formula is C19H20N2O4. The topological polar surface area (TPSA) is 60.0 Å². The molecule has 4 rings (SSSR count). The minimum atomic E-state index is -0.0866. The predicted molar refractivity (Wildman–Crippen MR) is 93.5 cm³/mol. The molecule has 1 atom stereocenters. The number of amides is 2. The Bertz CT molecular complexity index is 793. The first-order chi connectivity index (χ1) is 12.2. The molecule has 2 amide bonds. The number of nitrogens with zero attached hydrogens (tertiary/aromatic N) is 1. The number of fused-ring (bicyclic) bond motifs is 1. The third-order valence-corrected chi connectivity index (χ3v) is 4.66. The molecule has 2 aromatic rings. The summed E-state index contributed by atoms with van der Waals surface area (Å²) in [5, 5.41) is 2.93. The summed E-state index contributed by atoms with van der Waals surface area (Å²) in [7, 11) is 1.61. The Kier molecular flexibility index (Phi) is 4.09. The van der Waals surface area contributed by atoms with Crippen molar-refractivity contribution in [2.75, 3.05) is 32.3 Å². The van der Waals surface area contributed by atoms with Crippen LogP contribution in [0.5, 0.6) is 17.2 Å². The summed E-state index contributed by atoms with van der Waals surface area (Å²) in [6.45, 7) is 1.70. The van der Waals surface area contributed by atoms with Gasteiger partial charge in [-0.2, -0.15) is 0 Å². The standard InChI is InChI=1S/C19H20N2O4/c1-23-16-4-2-3-15(10-16)20-19(22)21-8-7-14(11-21)13-5-6-17-18(9-13)25-12-24-17/h2-6,9-10,14H,7-8,11-12H2,1H3,(H,20,22). The lowest BCUT2D eigenvalue weighted by Crippen LogP contribution is -2.32. The van der Waals surface area contributed by atoms with Crippen molar-refractivity contribution < 1.29 is 19.0 Å². The number of rotatable bonds is 3. The van der Waals surface area contributed by atoms with Gasteiger partial charge in [0.1, 0.15) is 5.75 Å². The molecule has 1 N–H and O–H groups in total. The van der Waals surface area contributed by atoms with Crippen LogP contribution in [0.3, 0.4) is 0 Å². The molecule has 2 heterocycles. The van der Waals surface area contributed by atoms with Gasteiger partial charge < -0.3 is 24.4 Å². The normalized spacial score (nSPS) is 18.3. The molecule has 0 bridgehead atoms. The molecular weight excluding hydrogens is 320 g/mol. The number of carbonyl (C=O) groups is 1. The minimum absolute atomic E-state index is 0.0866. The van der Waals surface area contributed by atoms with Crippen molar-refractivity contribution in [3.63, 3.8) is 0 Å². The number of nitrogens with one attached hydrogen (secondary N) is 1. The molecule has 6 heteroatoms. The summed E-state index contributed by atoms with van der Waals surface area (Å²) >= 11 is 0. The highest BCUT2D eigenvalue weighted by molar-refractivity contribution is 5.89. The van der Waals surface area contributed by atoms with Crippen molar-refractivity contribution in [1.82, 2.24) is 4.90 Å². The number of methoxy groups -OCH3 is 1. The Morgan fingerprint density at radius 2 is 2.08 bits per heavy atom. The van der Waals surface area contributed by atoms with Gasteiger partial charge in [-0.3, -0.25) is 0 Å². The number of hydrogen-bond acceptors (Lipinski definition) is 4. The lowest BCUT2D eigenvalue weighted by atomic mass is 9.98. The van der Waals surface area contributed by atoms with Gasteiger partial charge in [0, 0.05) is 30.8 Å². The number of benzene rings is 2. The molecule has 0 aromatic heterocycles. The van der Waals surface area contributed by atoms with E-state index in [0.29, 0.717) is 12.5 Å². The quantitative estimate of drug-likeness (QED) is 0.930. The molecule has 25 heavy (non-hydrogen) atoms. The Hall–Kier alpha value is -2.89. The van der Waals surface area contributed by atoms with Crippen LogP contribution in [0.15, 0.2) is 42.5 Å². The van der Waals surface area contributed by atoms with Crippen molar-refractivity contribution >= 4 is 11.7 Å². The third kappa shape index (κ3) is 3.20. The van der Waals surface area contributed by atoms with Crippen LogP contribution < -0.4 is 19.5 Å². The molecule has 0 saturated carbocycles. The summed E-state index contributed by atoms with van der Waals surface area (Å²) in [5.74, 6) is 2.61. The largest absolute Gasteiger partial charge is 0.497 e. The molecule has 2 aliphatic rings. The van der Waals surface area contributed by atoms with Gasteiger partial charge in [-0.1, -0.05) is 12.1 Å². The van der Waals surface area contributed by atoms with Crippen molar-refractivity contribution in [3.8, 4) is 17.2 Å². The van der Waals surface area contributed by atoms with Gasteiger partial charge in [0.25, 0.3) is 0 Å². The molecule has 0 spiro atoms. The molecule has 2 aromatic carbocycles. The maximum absolute atomic E-state index is 12.5. The predicted octanol–water partition coefficient (Wildman–Crippen LogP) is 3.45. The van der Waals surface area contributed by atoms with E-state index in [-0.39, 0.29) is 12.8 Å². The fraction of sp³-hybridized carbons (Fsp3) is 0.316. The summed E-state index contributed by atoms with van der Waals surface area (Å²) in [6.07, 6.45) is 0.936. The van der Waals surface area contributed by atoms with Crippen molar-refractivity contribution in [2.45, 2.75) is 12.3 Å². The van der Waals surface area contributed by atoms with Crippen LogP contribution in [0.2, 0.25) is 0 Å². The molecule has 0 aliphatic carbocycles. The number of anilines is 1. The maximum Gasteiger partial charge on any atom is 0.321 e. The van der Waals surface area contributed by atoms with Gasteiger partial charge >= 0.3 is 6.03 Å². The van der Waals surface area contributed by atoms with Gasteiger partial charge in [-0.15, -0.1) is 0 Å². The number of ether oxygens (including phenoxy) is 3. The molecule has 2 aliphatic heterocycles. The van der Waals surface area contributed by atoms with Crippen LogP contribution in [-0.4, -0.2) is 37.9 Å². The fourth-order valence-corrected chi connectivity index (χ4v) is 3.29. The fourth-order valence-electron chi connectivity index (χ4n) is 3.29. The average molecular weight is 340 g/mol. The van der Waals surface area contributed by atoms with Gasteiger partial charge in [0.15, 0.2) is 11.5 Å². The zero-order valence-corrected chi connectivity index (χ0v) is 14.0. The van der Waals surface area contributed by atoms with E-state index in [2.05, 4.69) is 11.4 Å². The molecule has 1 unspecified atom stereocenters. The highest BCUT2D eigenvalue weighted by Crippen LogP contribution is 2.37. The molecule has 1 fully saturated rings. The highest BCUT2D eigenvalue weighted by Gasteiger charge is 2.28. The Balaban J connectivity index is 1.40. The second-order valence-electron chi connectivity index (χ2n) is 6.21. The van der Waals surface area contributed by atoms with Crippen molar-refractivity contribution in [1.29, 1.82) is 0 Å². The smallest absolute Gasteiger partial charge is 0.321 e. The van der Waals surface area contributed by atoms with Gasteiger partial charge in [-0.25, -0.2) is 4.79 Å². The van der Waals surface area contributed by atoms with E-state index >= 15 is 0 Å². The van der Waals surface area contributed by atoms with E-state index in [1.807, 2.05) is 41.3 Å². The first kappa shape index (κ1) is 15.6. The summed E-state index contributed by atoms with van der Waals surface area (Å²) in [4.78, 5) is 14.3. The highest BCUT2D eigenvalue weighted by atomic mass is 16.7. The SMILES string of the molecule is COc1cccc(NC(=O)N2CCC(c3ccc4c(c3)OCO4)C2)c1. The first-order valence-electron chi connectivity index (χ1n) is 8.32. The lowest BCUT2D eigenvalue weighted by Gasteiger charge is -2.18. The molecule has 1 saturated heterocycles. The third-order valence-electron chi connectivity index (χ3n) is 4.66. The van der Waals surface area contributed by atoms with Crippen LogP contribution >= 0.6 is 0 Å².